The molecule has 2 fully saturated rings. The fourth-order valence-corrected chi connectivity index (χ4v) is 3.52. The van der Waals surface area contributed by atoms with Crippen LogP contribution in [0.15, 0.2) is 24.3 Å². The van der Waals surface area contributed by atoms with Gasteiger partial charge in [0.05, 0.1) is 18.2 Å². The zero-order valence-corrected chi connectivity index (χ0v) is 17.8. The van der Waals surface area contributed by atoms with Gasteiger partial charge in [-0.3, -0.25) is 9.69 Å². The van der Waals surface area contributed by atoms with E-state index in [0.717, 1.165) is 25.5 Å². The smallest absolute Gasteiger partial charge is 0.377 e. The number of halogens is 5. The van der Waals surface area contributed by atoms with Crippen LogP contribution in [0.5, 0.6) is 0 Å². The van der Waals surface area contributed by atoms with E-state index in [1.807, 2.05) is 4.90 Å². The highest BCUT2D eigenvalue weighted by atomic mass is 35.5. The molecule has 2 aliphatic heterocycles. The van der Waals surface area contributed by atoms with E-state index >= 15 is 0 Å². The van der Waals surface area contributed by atoms with E-state index in [1.165, 1.54) is 12.1 Å². The SMILES string of the molecule is Cl.Cl.O=C(CNCC1CCCO1)N1CCN(Cc2cccc(C(F)(F)F)c2)CC1. The van der Waals surface area contributed by atoms with E-state index < -0.39 is 11.7 Å². The molecule has 0 bridgehead atoms. The fraction of sp³-hybridized carbons (Fsp3) is 0.632. The maximum absolute atomic E-state index is 12.8. The standard InChI is InChI=1S/C19H26F3N3O2.2ClH/c20-19(21,22)16-4-1-3-15(11-16)14-24-6-8-25(9-7-24)18(26)13-23-12-17-5-2-10-27-17;;/h1,3-4,11,17,23H,2,5-10,12-14H2;2*1H. The van der Waals surface area contributed by atoms with Crippen molar-refractivity contribution in [2.24, 2.45) is 0 Å². The van der Waals surface area contributed by atoms with Crippen molar-refractivity contribution in [1.82, 2.24) is 15.1 Å². The molecule has 166 valence electrons. The summed E-state index contributed by atoms with van der Waals surface area (Å²) in [6.45, 7) is 4.77. The molecule has 10 heteroatoms. The van der Waals surface area contributed by atoms with Crippen LogP contribution in [0.3, 0.4) is 0 Å². The van der Waals surface area contributed by atoms with E-state index in [4.69, 9.17) is 4.74 Å². The number of rotatable bonds is 6. The average molecular weight is 458 g/mol. The minimum atomic E-state index is -4.32. The first-order chi connectivity index (χ1) is 12.9. The number of carbonyl (C=O) groups excluding carboxylic acids is 1. The minimum Gasteiger partial charge on any atom is -0.377 e. The largest absolute Gasteiger partial charge is 0.416 e. The van der Waals surface area contributed by atoms with E-state index in [1.54, 1.807) is 6.07 Å². The number of hydrogen-bond acceptors (Lipinski definition) is 4. The Balaban J connectivity index is 0.00000210. The predicted octanol–water partition coefficient (Wildman–Crippen LogP) is 2.96. The lowest BCUT2D eigenvalue weighted by Crippen LogP contribution is -2.50. The van der Waals surface area contributed by atoms with E-state index in [2.05, 4.69) is 10.2 Å². The van der Waals surface area contributed by atoms with Gasteiger partial charge in [-0.25, -0.2) is 0 Å². The molecule has 2 saturated heterocycles. The molecular formula is C19H28Cl2F3N3O2. The van der Waals surface area contributed by atoms with Crippen LogP contribution in [-0.4, -0.2) is 67.7 Å². The molecule has 1 atom stereocenters. The Labute approximate surface area is 181 Å². The van der Waals surface area contributed by atoms with Crippen LogP contribution in [0, 0.1) is 0 Å². The monoisotopic (exact) mass is 457 g/mol. The first kappa shape index (κ1) is 26.0. The van der Waals surface area contributed by atoms with E-state index in [9.17, 15) is 18.0 Å². The number of piperazine rings is 1. The highest BCUT2D eigenvalue weighted by Gasteiger charge is 2.30. The number of carbonyl (C=O) groups is 1. The quantitative estimate of drug-likeness (QED) is 0.712. The van der Waals surface area contributed by atoms with Crippen molar-refractivity contribution in [3.05, 3.63) is 35.4 Å². The van der Waals surface area contributed by atoms with Gasteiger partial charge >= 0.3 is 6.18 Å². The Bertz CT molecular complexity index is 635. The van der Waals surface area contributed by atoms with Crippen molar-refractivity contribution < 1.29 is 22.7 Å². The third-order valence-electron chi connectivity index (χ3n) is 5.06. The average Bonchev–Trinajstić information content (AvgIpc) is 3.15. The zero-order valence-electron chi connectivity index (χ0n) is 16.1. The summed E-state index contributed by atoms with van der Waals surface area (Å²) in [5, 5.41) is 3.16. The summed E-state index contributed by atoms with van der Waals surface area (Å²) < 4.78 is 44.0. The summed E-state index contributed by atoms with van der Waals surface area (Å²) in [5.41, 5.74) is 0.0222. The van der Waals surface area contributed by atoms with Crippen molar-refractivity contribution in [1.29, 1.82) is 0 Å². The number of amides is 1. The van der Waals surface area contributed by atoms with Crippen LogP contribution in [-0.2, 0) is 22.3 Å². The molecule has 1 aromatic rings. The summed E-state index contributed by atoms with van der Waals surface area (Å²) >= 11 is 0. The highest BCUT2D eigenvalue weighted by molar-refractivity contribution is 5.85. The Kier molecular flexibility index (Phi) is 10.7. The molecule has 0 aromatic heterocycles. The summed E-state index contributed by atoms with van der Waals surface area (Å²) in [6.07, 6.45) is -2.00. The van der Waals surface area contributed by atoms with E-state index in [0.29, 0.717) is 51.4 Å². The number of hydrogen-bond donors (Lipinski definition) is 1. The molecule has 5 nitrogen and oxygen atoms in total. The van der Waals surface area contributed by atoms with Crippen LogP contribution in [0.4, 0.5) is 13.2 Å². The second-order valence-corrected chi connectivity index (χ2v) is 7.12. The molecule has 2 aliphatic rings. The van der Waals surface area contributed by atoms with Crippen molar-refractivity contribution in [2.75, 3.05) is 45.9 Å². The first-order valence-electron chi connectivity index (χ1n) is 9.40. The lowest BCUT2D eigenvalue weighted by molar-refractivity contribution is -0.137. The summed E-state index contributed by atoms with van der Waals surface area (Å²) in [5.74, 6) is 0.0618. The molecule has 0 radical (unpaired) electrons. The molecule has 1 N–H and O–H groups in total. The van der Waals surface area contributed by atoms with Crippen LogP contribution in [0.2, 0.25) is 0 Å². The first-order valence-corrected chi connectivity index (χ1v) is 9.40. The van der Waals surface area contributed by atoms with Gasteiger partial charge in [0, 0.05) is 45.9 Å². The van der Waals surface area contributed by atoms with Gasteiger partial charge in [0.2, 0.25) is 5.91 Å². The van der Waals surface area contributed by atoms with Gasteiger partial charge in [-0.1, -0.05) is 18.2 Å². The van der Waals surface area contributed by atoms with Gasteiger partial charge in [0.1, 0.15) is 0 Å². The minimum absolute atomic E-state index is 0. The van der Waals surface area contributed by atoms with Crippen molar-refractivity contribution in [3.8, 4) is 0 Å². The molecule has 1 amide bonds. The maximum Gasteiger partial charge on any atom is 0.416 e. The van der Waals surface area contributed by atoms with Crippen molar-refractivity contribution in [2.45, 2.75) is 31.7 Å². The fourth-order valence-electron chi connectivity index (χ4n) is 3.52. The third kappa shape index (κ3) is 7.94. The molecular weight excluding hydrogens is 430 g/mol. The summed E-state index contributed by atoms with van der Waals surface area (Å²) in [6, 6.07) is 5.44. The van der Waals surface area contributed by atoms with Crippen LogP contribution in [0.25, 0.3) is 0 Å². The second-order valence-electron chi connectivity index (χ2n) is 7.12. The molecule has 0 aliphatic carbocycles. The number of alkyl halides is 3. The maximum atomic E-state index is 12.8. The second kappa shape index (κ2) is 12.0. The number of nitrogens with zero attached hydrogens (tertiary/aromatic N) is 2. The number of benzene rings is 1. The predicted molar refractivity (Wildman–Crippen MR) is 110 cm³/mol. The van der Waals surface area contributed by atoms with Gasteiger partial charge < -0.3 is 15.0 Å². The van der Waals surface area contributed by atoms with Gasteiger partial charge in [0.25, 0.3) is 0 Å². The van der Waals surface area contributed by atoms with Crippen LogP contribution < -0.4 is 5.32 Å². The van der Waals surface area contributed by atoms with Gasteiger partial charge in [-0.05, 0) is 24.5 Å². The Morgan fingerprint density at radius 3 is 2.52 bits per heavy atom. The van der Waals surface area contributed by atoms with Crippen molar-refractivity contribution >= 4 is 30.7 Å². The Hall–Kier alpha value is -1.06. The topological polar surface area (TPSA) is 44.8 Å². The lowest BCUT2D eigenvalue weighted by atomic mass is 10.1. The molecule has 0 saturated carbocycles. The lowest BCUT2D eigenvalue weighted by Gasteiger charge is -2.35. The molecule has 0 spiro atoms. The normalized spacial score (nSPS) is 20.1. The molecule has 29 heavy (non-hydrogen) atoms. The molecule has 2 heterocycles. The Morgan fingerprint density at radius 2 is 1.90 bits per heavy atom. The van der Waals surface area contributed by atoms with Gasteiger partial charge in [-0.15, -0.1) is 24.8 Å². The number of ether oxygens (including phenoxy) is 1. The van der Waals surface area contributed by atoms with Crippen LogP contribution in [0.1, 0.15) is 24.0 Å². The molecule has 1 aromatic carbocycles. The number of nitrogens with one attached hydrogen (secondary N) is 1. The Morgan fingerprint density at radius 1 is 1.17 bits per heavy atom. The van der Waals surface area contributed by atoms with Gasteiger partial charge in [0.15, 0.2) is 0 Å². The summed E-state index contributed by atoms with van der Waals surface area (Å²) in [7, 11) is 0. The third-order valence-corrected chi connectivity index (χ3v) is 5.06. The van der Waals surface area contributed by atoms with Crippen LogP contribution >= 0.6 is 24.8 Å². The zero-order chi connectivity index (χ0) is 19.3. The molecule has 3 rings (SSSR count). The van der Waals surface area contributed by atoms with Gasteiger partial charge in [-0.2, -0.15) is 13.2 Å². The molecule has 1 unspecified atom stereocenters. The highest BCUT2D eigenvalue weighted by Crippen LogP contribution is 2.29. The van der Waals surface area contributed by atoms with Crippen molar-refractivity contribution in [3.63, 3.8) is 0 Å². The summed E-state index contributed by atoms with van der Waals surface area (Å²) in [4.78, 5) is 16.2. The van der Waals surface area contributed by atoms with E-state index in [-0.39, 0.29) is 36.8 Å².